The minimum Gasteiger partial charge on any atom is -0.377 e. The molecule has 6 heteroatoms. The summed E-state index contributed by atoms with van der Waals surface area (Å²) in [5, 5.41) is 0. The molecule has 22 heavy (non-hydrogen) atoms. The molecule has 0 spiro atoms. The minimum absolute atomic E-state index is 0.107. The van der Waals surface area contributed by atoms with Crippen LogP contribution in [0.2, 0.25) is 0 Å². The molecule has 2 aliphatic rings. The second-order valence-corrected chi connectivity index (χ2v) is 6.61. The van der Waals surface area contributed by atoms with Gasteiger partial charge in [0.25, 0.3) is 5.56 Å². The lowest BCUT2D eigenvalue weighted by atomic mass is 9.91. The van der Waals surface area contributed by atoms with Crippen molar-refractivity contribution in [3.8, 4) is 0 Å². The van der Waals surface area contributed by atoms with E-state index < -0.39 is 0 Å². The van der Waals surface area contributed by atoms with Crippen LogP contribution in [-0.4, -0.2) is 54.2 Å². The highest BCUT2D eigenvalue weighted by molar-refractivity contribution is 5.38. The van der Waals surface area contributed by atoms with Gasteiger partial charge in [0, 0.05) is 45.4 Å². The molecule has 0 aromatic carbocycles. The van der Waals surface area contributed by atoms with Crippen LogP contribution in [0, 0.1) is 5.92 Å². The zero-order valence-corrected chi connectivity index (χ0v) is 13.5. The van der Waals surface area contributed by atoms with Crippen molar-refractivity contribution in [1.82, 2.24) is 14.9 Å². The van der Waals surface area contributed by atoms with Gasteiger partial charge < -0.3 is 14.6 Å². The zero-order valence-electron chi connectivity index (χ0n) is 13.5. The number of aromatic amines is 1. The third-order valence-electron chi connectivity index (χ3n) is 4.71. The van der Waals surface area contributed by atoms with Crippen LogP contribution in [-0.2, 0) is 11.3 Å². The Bertz CT molecular complexity index is 555. The van der Waals surface area contributed by atoms with Gasteiger partial charge in [-0.15, -0.1) is 0 Å². The van der Waals surface area contributed by atoms with E-state index in [2.05, 4.69) is 26.7 Å². The number of aromatic nitrogens is 2. The van der Waals surface area contributed by atoms with Crippen molar-refractivity contribution in [2.24, 2.45) is 5.92 Å². The van der Waals surface area contributed by atoms with E-state index in [1.165, 1.54) is 19.3 Å². The Morgan fingerprint density at radius 3 is 2.86 bits per heavy atom. The van der Waals surface area contributed by atoms with Crippen LogP contribution < -0.4 is 10.5 Å². The quantitative estimate of drug-likeness (QED) is 0.906. The Balaban J connectivity index is 1.75. The van der Waals surface area contributed by atoms with Crippen LogP contribution >= 0.6 is 0 Å². The first-order valence-electron chi connectivity index (χ1n) is 8.24. The summed E-state index contributed by atoms with van der Waals surface area (Å²) in [7, 11) is 1.61. The van der Waals surface area contributed by atoms with Gasteiger partial charge in [0.05, 0.1) is 0 Å². The van der Waals surface area contributed by atoms with E-state index in [-0.39, 0.29) is 5.56 Å². The lowest BCUT2D eigenvalue weighted by Crippen LogP contribution is -2.43. The largest absolute Gasteiger partial charge is 0.377 e. The number of nitrogens with zero attached hydrogens (tertiary/aromatic N) is 3. The van der Waals surface area contributed by atoms with Crippen LogP contribution in [0.15, 0.2) is 10.9 Å². The van der Waals surface area contributed by atoms with Gasteiger partial charge in [0.2, 0.25) is 0 Å². The normalized spacial score (nSPS) is 24.1. The van der Waals surface area contributed by atoms with E-state index in [9.17, 15) is 4.79 Å². The molecule has 2 heterocycles. The van der Waals surface area contributed by atoms with Gasteiger partial charge >= 0.3 is 0 Å². The van der Waals surface area contributed by atoms with E-state index in [4.69, 9.17) is 4.74 Å². The van der Waals surface area contributed by atoms with Gasteiger partial charge in [-0.05, 0) is 18.8 Å². The van der Waals surface area contributed by atoms with Gasteiger partial charge in [-0.25, -0.2) is 4.98 Å². The second kappa shape index (κ2) is 6.79. The Morgan fingerprint density at radius 2 is 2.18 bits per heavy atom. The van der Waals surface area contributed by atoms with Crippen molar-refractivity contribution in [1.29, 1.82) is 0 Å². The molecular formula is C16H26N4O2. The molecule has 1 saturated heterocycles. The van der Waals surface area contributed by atoms with E-state index in [0.717, 1.165) is 38.0 Å². The number of nitrogens with one attached hydrogen (secondary N) is 1. The number of rotatable bonds is 4. The molecule has 0 bridgehead atoms. The highest BCUT2D eigenvalue weighted by Gasteiger charge is 2.29. The number of hydrogen-bond acceptors (Lipinski definition) is 5. The van der Waals surface area contributed by atoms with E-state index in [1.54, 1.807) is 13.2 Å². The number of ether oxygens (including phenoxy) is 1. The predicted molar refractivity (Wildman–Crippen MR) is 86.2 cm³/mol. The molecule has 1 aliphatic carbocycles. The summed E-state index contributed by atoms with van der Waals surface area (Å²) < 4.78 is 5.08. The molecule has 1 aliphatic heterocycles. The number of hydrogen-bond donors (Lipinski definition) is 1. The molecule has 0 radical (unpaired) electrons. The lowest BCUT2D eigenvalue weighted by molar-refractivity contribution is 0.124. The van der Waals surface area contributed by atoms with Crippen molar-refractivity contribution in [3.05, 3.63) is 22.2 Å². The summed E-state index contributed by atoms with van der Waals surface area (Å²) in [6.07, 6.45) is 4.05. The predicted octanol–water partition coefficient (Wildman–Crippen LogP) is 1.23. The van der Waals surface area contributed by atoms with Crippen LogP contribution in [0.4, 0.5) is 5.82 Å². The fraction of sp³-hybridized carbons (Fsp3) is 0.750. The average Bonchev–Trinajstić information content (AvgIpc) is 2.58. The van der Waals surface area contributed by atoms with E-state index in [1.807, 2.05) is 0 Å². The summed E-state index contributed by atoms with van der Waals surface area (Å²) in [5.41, 5.74) is -0.107. The molecule has 1 unspecified atom stereocenters. The molecule has 1 aromatic heterocycles. The maximum Gasteiger partial charge on any atom is 0.253 e. The molecular weight excluding hydrogens is 280 g/mol. The first-order valence-corrected chi connectivity index (χ1v) is 8.24. The first kappa shape index (κ1) is 15.5. The van der Waals surface area contributed by atoms with Crippen molar-refractivity contribution in [3.63, 3.8) is 0 Å². The molecule has 6 nitrogen and oxygen atoms in total. The standard InChI is InChI=1S/C16H26N4O2/c1-12-9-19(13-4-3-5-13)6-7-20(10-12)15-8-16(21)18-14(17-15)11-22-2/h8,12-13H,3-7,9-11H2,1-2H3,(H,17,18,21). The molecule has 1 saturated carbocycles. The highest BCUT2D eigenvalue weighted by atomic mass is 16.5. The SMILES string of the molecule is COCc1nc(N2CCN(C3CCC3)CC(C)C2)cc(=O)[nH]1. The number of H-pyrrole nitrogens is 1. The van der Waals surface area contributed by atoms with E-state index in [0.29, 0.717) is 18.3 Å². The third-order valence-corrected chi connectivity index (χ3v) is 4.71. The molecule has 0 amide bonds. The third kappa shape index (κ3) is 3.50. The first-order chi connectivity index (χ1) is 10.7. The molecule has 3 rings (SSSR count). The van der Waals surface area contributed by atoms with Gasteiger partial charge in [0.15, 0.2) is 0 Å². The Labute approximate surface area is 131 Å². The zero-order chi connectivity index (χ0) is 15.5. The summed E-state index contributed by atoms with van der Waals surface area (Å²) in [5.74, 6) is 1.95. The molecule has 2 fully saturated rings. The summed E-state index contributed by atoms with van der Waals surface area (Å²) in [4.78, 5) is 24.0. The number of anilines is 1. The molecule has 1 N–H and O–H groups in total. The maximum absolute atomic E-state index is 11.8. The highest BCUT2D eigenvalue weighted by Crippen LogP contribution is 2.27. The van der Waals surface area contributed by atoms with Crippen LogP contribution in [0.3, 0.4) is 0 Å². The van der Waals surface area contributed by atoms with Crippen molar-refractivity contribution < 1.29 is 4.74 Å². The fourth-order valence-electron chi connectivity index (χ4n) is 3.42. The second-order valence-electron chi connectivity index (χ2n) is 6.61. The molecule has 1 atom stereocenters. The van der Waals surface area contributed by atoms with Gasteiger partial charge in [-0.3, -0.25) is 9.69 Å². The summed E-state index contributed by atoms with van der Waals surface area (Å²) in [6, 6.07) is 2.38. The maximum atomic E-state index is 11.8. The summed E-state index contributed by atoms with van der Waals surface area (Å²) in [6.45, 7) is 6.71. The minimum atomic E-state index is -0.107. The lowest BCUT2D eigenvalue weighted by Gasteiger charge is -2.37. The number of methoxy groups -OCH3 is 1. The Kier molecular flexibility index (Phi) is 4.78. The smallest absolute Gasteiger partial charge is 0.253 e. The van der Waals surface area contributed by atoms with Gasteiger partial charge in [-0.1, -0.05) is 13.3 Å². The fourth-order valence-corrected chi connectivity index (χ4v) is 3.42. The van der Waals surface area contributed by atoms with Crippen molar-refractivity contribution >= 4 is 5.82 Å². The van der Waals surface area contributed by atoms with Gasteiger partial charge in [0.1, 0.15) is 18.2 Å². The van der Waals surface area contributed by atoms with E-state index >= 15 is 0 Å². The summed E-state index contributed by atoms with van der Waals surface area (Å²) >= 11 is 0. The monoisotopic (exact) mass is 306 g/mol. The van der Waals surface area contributed by atoms with Crippen LogP contribution in [0.25, 0.3) is 0 Å². The van der Waals surface area contributed by atoms with Crippen molar-refractivity contribution in [2.45, 2.75) is 38.8 Å². The topological polar surface area (TPSA) is 61.5 Å². The average molecular weight is 306 g/mol. The van der Waals surface area contributed by atoms with Crippen molar-refractivity contribution in [2.75, 3.05) is 38.2 Å². The molecule has 1 aromatic rings. The Hall–Kier alpha value is -1.40. The van der Waals surface area contributed by atoms with Crippen LogP contribution in [0.1, 0.15) is 32.0 Å². The molecule has 122 valence electrons. The Morgan fingerprint density at radius 1 is 1.36 bits per heavy atom. The van der Waals surface area contributed by atoms with Crippen LogP contribution in [0.5, 0.6) is 0 Å². The van der Waals surface area contributed by atoms with Gasteiger partial charge in [-0.2, -0.15) is 0 Å².